The van der Waals surface area contributed by atoms with Crippen LogP contribution in [0.1, 0.15) is 10.4 Å². The van der Waals surface area contributed by atoms with Crippen LogP contribution in [0, 0.1) is 0 Å². The lowest BCUT2D eigenvalue weighted by molar-refractivity contribution is 0.100. The molecule has 70 valence electrons. The molecule has 0 bridgehead atoms. The van der Waals surface area contributed by atoms with Crippen LogP contribution in [0.3, 0.4) is 0 Å². The summed E-state index contributed by atoms with van der Waals surface area (Å²) in [5.74, 6) is 0.0414. The quantitative estimate of drug-likeness (QED) is 0.760. The Labute approximate surface area is 75.3 Å². The van der Waals surface area contributed by atoms with Crippen molar-refractivity contribution in [3.8, 4) is 5.75 Å². The van der Waals surface area contributed by atoms with Crippen molar-refractivity contribution in [2.24, 2.45) is 5.73 Å². The first kappa shape index (κ1) is 9.51. The van der Waals surface area contributed by atoms with Crippen LogP contribution in [0.2, 0.25) is 0 Å². The van der Waals surface area contributed by atoms with Crippen LogP contribution in [0.15, 0.2) is 24.3 Å². The Bertz CT molecular complexity index is 284. The van der Waals surface area contributed by atoms with Gasteiger partial charge in [0, 0.05) is 5.56 Å². The summed E-state index contributed by atoms with van der Waals surface area (Å²) in [6.45, 7) is -0.506. The van der Waals surface area contributed by atoms with E-state index in [1.54, 1.807) is 12.1 Å². The molecule has 0 radical (unpaired) electrons. The van der Waals surface area contributed by atoms with E-state index in [1.807, 2.05) is 0 Å². The van der Waals surface area contributed by atoms with E-state index in [0.29, 0.717) is 11.3 Å². The Kier molecular flexibility index (Phi) is 3.25. The Hall–Kier alpha value is -1.58. The first-order chi connectivity index (χ1) is 6.24. The molecule has 0 saturated heterocycles. The Morgan fingerprint density at radius 2 is 2.00 bits per heavy atom. The van der Waals surface area contributed by atoms with Gasteiger partial charge in [-0.1, -0.05) is 0 Å². The molecule has 0 saturated carbocycles. The third-order valence-corrected chi connectivity index (χ3v) is 1.48. The van der Waals surface area contributed by atoms with Gasteiger partial charge in [-0.15, -0.1) is 0 Å². The third kappa shape index (κ3) is 2.74. The van der Waals surface area contributed by atoms with E-state index in [2.05, 4.69) is 0 Å². The number of rotatable bonds is 4. The molecule has 0 spiro atoms. The van der Waals surface area contributed by atoms with Gasteiger partial charge in [0.1, 0.15) is 19.0 Å². The summed E-state index contributed by atoms with van der Waals surface area (Å²) in [5, 5.41) is 0. The summed E-state index contributed by atoms with van der Waals surface area (Å²) in [7, 11) is 0. The Balaban J connectivity index is 2.64. The molecule has 2 N–H and O–H groups in total. The van der Waals surface area contributed by atoms with Crippen LogP contribution >= 0.6 is 0 Å². The van der Waals surface area contributed by atoms with Crippen LogP contribution in [0.4, 0.5) is 4.39 Å². The highest BCUT2D eigenvalue weighted by Crippen LogP contribution is 2.11. The zero-order chi connectivity index (χ0) is 9.68. The Morgan fingerprint density at radius 1 is 1.38 bits per heavy atom. The lowest BCUT2D eigenvalue weighted by atomic mass is 10.2. The molecular weight excluding hydrogens is 173 g/mol. The molecule has 3 nitrogen and oxygen atoms in total. The number of ether oxygens (including phenoxy) is 1. The highest BCUT2D eigenvalue weighted by molar-refractivity contribution is 5.92. The molecule has 1 aromatic rings. The maximum absolute atomic E-state index is 11.7. The molecule has 0 heterocycles. The molecule has 0 aliphatic carbocycles. The van der Waals surface area contributed by atoms with Crippen molar-refractivity contribution in [2.45, 2.75) is 0 Å². The molecule has 1 amide bonds. The molecule has 0 atom stereocenters. The molecule has 0 aliphatic rings. The van der Waals surface area contributed by atoms with Gasteiger partial charge in [-0.3, -0.25) is 4.79 Å². The third-order valence-electron chi connectivity index (χ3n) is 1.48. The second-order valence-corrected chi connectivity index (χ2v) is 2.43. The predicted octanol–water partition coefficient (Wildman–Crippen LogP) is 1.13. The number of alkyl halides is 1. The van der Waals surface area contributed by atoms with Crippen molar-refractivity contribution < 1.29 is 13.9 Å². The van der Waals surface area contributed by atoms with Gasteiger partial charge in [0.2, 0.25) is 5.91 Å². The Morgan fingerprint density at radius 3 is 2.46 bits per heavy atom. The standard InChI is InChI=1S/C9H10FNO2/c10-5-6-13-8-3-1-7(2-4-8)9(11)12/h1-4H,5-6H2,(H2,11,12). The fraction of sp³-hybridized carbons (Fsp3) is 0.222. The molecule has 1 rings (SSSR count). The van der Waals surface area contributed by atoms with Crippen molar-refractivity contribution in [3.63, 3.8) is 0 Å². The predicted molar refractivity (Wildman–Crippen MR) is 46.4 cm³/mol. The number of halogens is 1. The fourth-order valence-electron chi connectivity index (χ4n) is 0.872. The average molecular weight is 183 g/mol. The molecule has 1 aromatic carbocycles. The van der Waals surface area contributed by atoms with Crippen LogP contribution in [0.5, 0.6) is 5.75 Å². The number of nitrogens with two attached hydrogens (primary N) is 1. The maximum Gasteiger partial charge on any atom is 0.248 e. The van der Waals surface area contributed by atoms with Crippen molar-refractivity contribution >= 4 is 5.91 Å². The summed E-state index contributed by atoms with van der Waals surface area (Å²) in [4.78, 5) is 10.6. The summed E-state index contributed by atoms with van der Waals surface area (Å²) in [6, 6.07) is 6.23. The normalized spacial score (nSPS) is 9.62. The highest BCUT2D eigenvalue weighted by atomic mass is 19.1. The van der Waals surface area contributed by atoms with E-state index in [-0.39, 0.29) is 6.61 Å². The van der Waals surface area contributed by atoms with Crippen LogP contribution in [-0.4, -0.2) is 19.2 Å². The second-order valence-electron chi connectivity index (χ2n) is 2.43. The number of hydrogen-bond acceptors (Lipinski definition) is 2. The largest absolute Gasteiger partial charge is 0.491 e. The van der Waals surface area contributed by atoms with Gasteiger partial charge in [-0.2, -0.15) is 0 Å². The van der Waals surface area contributed by atoms with E-state index in [9.17, 15) is 9.18 Å². The number of hydrogen-bond donors (Lipinski definition) is 1. The average Bonchev–Trinajstić information content (AvgIpc) is 2.15. The van der Waals surface area contributed by atoms with E-state index in [0.717, 1.165) is 0 Å². The molecule has 0 fully saturated rings. The lowest BCUT2D eigenvalue weighted by Gasteiger charge is -2.02. The van der Waals surface area contributed by atoms with E-state index in [4.69, 9.17) is 10.5 Å². The van der Waals surface area contributed by atoms with E-state index < -0.39 is 12.6 Å². The maximum atomic E-state index is 11.7. The van der Waals surface area contributed by atoms with Gasteiger partial charge in [0.15, 0.2) is 0 Å². The molecule has 13 heavy (non-hydrogen) atoms. The summed E-state index contributed by atoms with van der Waals surface area (Å²) >= 11 is 0. The van der Waals surface area contributed by atoms with Crippen molar-refractivity contribution in [1.82, 2.24) is 0 Å². The minimum atomic E-state index is -0.530. The molecule has 0 aliphatic heterocycles. The summed E-state index contributed by atoms with van der Waals surface area (Å²) in [5.41, 5.74) is 5.43. The smallest absolute Gasteiger partial charge is 0.248 e. The number of benzene rings is 1. The van der Waals surface area contributed by atoms with E-state index in [1.165, 1.54) is 12.1 Å². The molecule has 4 heteroatoms. The molecular formula is C9H10FNO2. The number of carbonyl (C=O) groups is 1. The number of amides is 1. The summed E-state index contributed by atoms with van der Waals surface area (Å²) in [6.07, 6.45) is 0. The van der Waals surface area contributed by atoms with Crippen molar-refractivity contribution in [1.29, 1.82) is 0 Å². The number of primary amides is 1. The monoisotopic (exact) mass is 183 g/mol. The fourth-order valence-corrected chi connectivity index (χ4v) is 0.872. The first-order valence-corrected chi connectivity index (χ1v) is 3.82. The second kappa shape index (κ2) is 4.45. The van der Waals surface area contributed by atoms with Gasteiger partial charge in [-0.05, 0) is 24.3 Å². The van der Waals surface area contributed by atoms with Crippen molar-refractivity contribution in [2.75, 3.05) is 13.3 Å². The van der Waals surface area contributed by atoms with Gasteiger partial charge in [0.25, 0.3) is 0 Å². The van der Waals surface area contributed by atoms with Crippen LogP contribution in [-0.2, 0) is 0 Å². The SMILES string of the molecule is NC(=O)c1ccc(OCCF)cc1. The minimum Gasteiger partial charge on any atom is -0.491 e. The molecule has 0 aromatic heterocycles. The van der Waals surface area contributed by atoms with Gasteiger partial charge >= 0.3 is 0 Å². The van der Waals surface area contributed by atoms with Gasteiger partial charge < -0.3 is 10.5 Å². The zero-order valence-electron chi connectivity index (χ0n) is 7.00. The summed E-state index contributed by atoms with van der Waals surface area (Å²) < 4.78 is 16.6. The lowest BCUT2D eigenvalue weighted by Crippen LogP contribution is -2.10. The minimum absolute atomic E-state index is 0.0237. The van der Waals surface area contributed by atoms with Crippen LogP contribution in [0.25, 0.3) is 0 Å². The van der Waals surface area contributed by atoms with Gasteiger partial charge in [0.05, 0.1) is 0 Å². The van der Waals surface area contributed by atoms with Crippen molar-refractivity contribution in [3.05, 3.63) is 29.8 Å². The van der Waals surface area contributed by atoms with Crippen LogP contribution < -0.4 is 10.5 Å². The number of carbonyl (C=O) groups excluding carboxylic acids is 1. The highest BCUT2D eigenvalue weighted by Gasteiger charge is 1.99. The van der Waals surface area contributed by atoms with E-state index >= 15 is 0 Å². The van der Waals surface area contributed by atoms with Gasteiger partial charge in [-0.25, -0.2) is 4.39 Å². The topological polar surface area (TPSA) is 52.3 Å². The molecule has 0 unspecified atom stereocenters. The zero-order valence-corrected chi connectivity index (χ0v) is 7.00. The first-order valence-electron chi connectivity index (χ1n) is 3.82.